The van der Waals surface area contributed by atoms with Crippen molar-refractivity contribution in [1.82, 2.24) is 9.97 Å². The number of nitrogens with one attached hydrogen (secondary N) is 2. The van der Waals surface area contributed by atoms with E-state index in [0.29, 0.717) is 11.5 Å². The molecular formula is C12H12F3N3. The van der Waals surface area contributed by atoms with Crippen LogP contribution < -0.4 is 5.32 Å². The molecule has 1 aromatic carbocycles. The number of anilines is 1. The predicted octanol–water partition coefficient (Wildman–Crippen LogP) is 3.35. The third-order valence-electron chi connectivity index (χ3n) is 2.57. The Morgan fingerprint density at radius 3 is 2.72 bits per heavy atom. The number of aromatic nitrogens is 2. The van der Waals surface area contributed by atoms with E-state index in [0.717, 1.165) is 6.07 Å². The van der Waals surface area contributed by atoms with Crippen molar-refractivity contribution in [3.63, 3.8) is 0 Å². The second-order valence-electron chi connectivity index (χ2n) is 3.94. The minimum atomic E-state index is -4.31. The third-order valence-corrected chi connectivity index (χ3v) is 2.57. The highest BCUT2D eigenvalue weighted by Gasteiger charge is 2.32. The minimum absolute atomic E-state index is 0.226. The molecule has 6 heteroatoms. The van der Waals surface area contributed by atoms with Crippen LogP contribution in [0.4, 0.5) is 19.1 Å². The summed E-state index contributed by atoms with van der Waals surface area (Å²) in [4.78, 5) is 6.75. The number of aromatic amines is 1. The van der Waals surface area contributed by atoms with Crippen LogP contribution in [0.2, 0.25) is 0 Å². The van der Waals surface area contributed by atoms with E-state index < -0.39 is 11.7 Å². The molecule has 2 aromatic rings. The Morgan fingerprint density at radius 1 is 1.33 bits per heavy atom. The number of imidazole rings is 1. The van der Waals surface area contributed by atoms with Crippen molar-refractivity contribution < 1.29 is 13.2 Å². The molecule has 0 spiro atoms. The van der Waals surface area contributed by atoms with Gasteiger partial charge in [0.05, 0.1) is 5.56 Å². The Labute approximate surface area is 102 Å². The number of alkyl halides is 3. The first kappa shape index (κ1) is 12.5. The Hall–Kier alpha value is -1.98. The second kappa shape index (κ2) is 4.72. The van der Waals surface area contributed by atoms with Crippen molar-refractivity contribution in [2.45, 2.75) is 19.6 Å². The number of benzene rings is 1. The average Bonchev–Trinajstić information content (AvgIpc) is 2.79. The lowest BCUT2D eigenvalue weighted by atomic mass is 10.0. The highest BCUT2D eigenvalue weighted by Crippen LogP contribution is 2.32. The molecule has 3 nitrogen and oxygen atoms in total. The van der Waals surface area contributed by atoms with Gasteiger partial charge in [0.25, 0.3) is 0 Å². The zero-order valence-electron chi connectivity index (χ0n) is 9.67. The highest BCUT2D eigenvalue weighted by molar-refractivity contribution is 5.35. The van der Waals surface area contributed by atoms with Crippen LogP contribution in [0, 0.1) is 6.92 Å². The summed E-state index contributed by atoms with van der Waals surface area (Å²) in [7, 11) is 0. The number of nitrogens with zero attached hydrogens (tertiary/aromatic N) is 1. The molecule has 0 saturated heterocycles. The van der Waals surface area contributed by atoms with E-state index in [9.17, 15) is 13.2 Å². The van der Waals surface area contributed by atoms with Crippen LogP contribution in [0.5, 0.6) is 0 Å². The standard InChI is InChI=1S/C12H12F3N3/c1-8-2-3-9(6-10(8)12(13,14)15)7-18-11-16-4-5-17-11/h2-6H,7H2,1H3,(H2,16,17,18). The zero-order chi connectivity index (χ0) is 13.2. The Kier molecular flexibility index (Phi) is 3.27. The molecule has 0 fully saturated rings. The molecule has 0 aliphatic carbocycles. The maximum Gasteiger partial charge on any atom is 0.416 e. The number of rotatable bonds is 3. The largest absolute Gasteiger partial charge is 0.416 e. The van der Waals surface area contributed by atoms with Crippen molar-refractivity contribution in [3.05, 3.63) is 47.3 Å². The molecule has 1 heterocycles. The highest BCUT2D eigenvalue weighted by atomic mass is 19.4. The fourth-order valence-corrected chi connectivity index (χ4v) is 1.63. The van der Waals surface area contributed by atoms with Crippen molar-refractivity contribution in [1.29, 1.82) is 0 Å². The van der Waals surface area contributed by atoms with Crippen molar-refractivity contribution in [2.75, 3.05) is 5.32 Å². The lowest BCUT2D eigenvalue weighted by molar-refractivity contribution is -0.138. The normalized spacial score (nSPS) is 11.6. The first-order valence-electron chi connectivity index (χ1n) is 5.37. The Balaban J connectivity index is 2.15. The predicted molar refractivity (Wildman–Crippen MR) is 62.1 cm³/mol. The Bertz CT molecular complexity index is 518. The topological polar surface area (TPSA) is 40.7 Å². The van der Waals surface area contributed by atoms with Crippen LogP contribution >= 0.6 is 0 Å². The number of hydrogen-bond acceptors (Lipinski definition) is 2. The molecular weight excluding hydrogens is 243 g/mol. The summed E-state index contributed by atoms with van der Waals surface area (Å²) in [6.45, 7) is 1.74. The van der Waals surface area contributed by atoms with Crippen LogP contribution in [-0.4, -0.2) is 9.97 Å². The quantitative estimate of drug-likeness (QED) is 0.883. The van der Waals surface area contributed by atoms with Gasteiger partial charge in [0.2, 0.25) is 0 Å². The maximum absolute atomic E-state index is 12.7. The van der Waals surface area contributed by atoms with Gasteiger partial charge >= 0.3 is 6.18 Å². The van der Waals surface area contributed by atoms with E-state index in [1.165, 1.54) is 13.0 Å². The van der Waals surface area contributed by atoms with Gasteiger partial charge in [-0.3, -0.25) is 0 Å². The van der Waals surface area contributed by atoms with E-state index in [-0.39, 0.29) is 12.1 Å². The monoisotopic (exact) mass is 255 g/mol. The SMILES string of the molecule is Cc1ccc(CNc2ncc[nH]2)cc1C(F)(F)F. The van der Waals surface area contributed by atoms with E-state index in [1.54, 1.807) is 18.5 Å². The van der Waals surface area contributed by atoms with Crippen molar-refractivity contribution in [2.24, 2.45) is 0 Å². The van der Waals surface area contributed by atoms with Crippen molar-refractivity contribution >= 4 is 5.95 Å². The molecule has 0 saturated carbocycles. The van der Waals surface area contributed by atoms with Crippen LogP contribution in [0.1, 0.15) is 16.7 Å². The van der Waals surface area contributed by atoms with Crippen LogP contribution in [-0.2, 0) is 12.7 Å². The molecule has 1 aromatic heterocycles. The lowest BCUT2D eigenvalue weighted by Crippen LogP contribution is -2.09. The zero-order valence-corrected chi connectivity index (χ0v) is 9.67. The van der Waals surface area contributed by atoms with Gasteiger partial charge in [-0.1, -0.05) is 12.1 Å². The molecule has 0 aliphatic rings. The van der Waals surface area contributed by atoms with Gasteiger partial charge in [-0.05, 0) is 24.1 Å². The average molecular weight is 255 g/mol. The van der Waals surface area contributed by atoms with Gasteiger partial charge in [-0.25, -0.2) is 4.98 Å². The van der Waals surface area contributed by atoms with Gasteiger partial charge in [0.15, 0.2) is 5.95 Å². The summed E-state index contributed by atoms with van der Waals surface area (Å²) >= 11 is 0. The molecule has 0 unspecified atom stereocenters. The Morgan fingerprint density at radius 2 is 2.11 bits per heavy atom. The molecule has 2 N–H and O–H groups in total. The first-order chi connectivity index (χ1) is 8.47. The second-order valence-corrected chi connectivity index (χ2v) is 3.94. The maximum atomic E-state index is 12.7. The molecule has 0 atom stereocenters. The summed E-state index contributed by atoms with van der Waals surface area (Å²) in [5, 5.41) is 2.91. The van der Waals surface area contributed by atoms with Gasteiger partial charge in [-0.2, -0.15) is 13.2 Å². The molecule has 96 valence electrons. The summed E-state index contributed by atoms with van der Waals surface area (Å²) in [6, 6.07) is 4.30. The van der Waals surface area contributed by atoms with E-state index in [4.69, 9.17) is 0 Å². The summed E-state index contributed by atoms with van der Waals surface area (Å²) < 4.78 is 38.1. The van der Waals surface area contributed by atoms with E-state index >= 15 is 0 Å². The van der Waals surface area contributed by atoms with E-state index in [1.807, 2.05) is 0 Å². The number of H-pyrrole nitrogens is 1. The van der Waals surface area contributed by atoms with Crippen molar-refractivity contribution in [3.8, 4) is 0 Å². The molecule has 18 heavy (non-hydrogen) atoms. The number of halogens is 3. The summed E-state index contributed by atoms with van der Waals surface area (Å²) in [5.41, 5.74) is 0.190. The van der Waals surface area contributed by atoms with Gasteiger partial charge in [-0.15, -0.1) is 0 Å². The van der Waals surface area contributed by atoms with Crippen LogP contribution in [0.3, 0.4) is 0 Å². The third kappa shape index (κ3) is 2.82. The molecule has 0 aliphatic heterocycles. The summed E-state index contributed by atoms with van der Waals surface area (Å²) in [5.74, 6) is 0.532. The van der Waals surface area contributed by atoms with Crippen LogP contribution in [0.25, 0.3) is 0 Å². The van der Waals surface area contributed by atoms with Gasteiger partial charge in [0, 0.05) is 18.9 Å². The fourth-order valence-electron chi connectivity index (χ4n) is 1.63. The van der Waals surface area contributed by atoms with E-state index in [2.05, 4.69) is 15.3 Å². The minimum Gasteiger partial charge on any atom is -0.352 e. The molecule has 0 bridgehead atoms. The van der Waals surface area contributed by atoms with Crippen LogP contribution in [0.15, 0.2) is 30.6 Å². The first-order valence-corrected chi connectivity index (χ1v) is 5.37. The lowest BCUT2D eigenvalue weighted by Gasteiger charge is -2.12. The number of hydrogen-bond donors (Lipinski definition) is 2. The van der Waals surface area contributed by atoms with Gasteiger partial charge in [0.1, 0.15) is 0 Å². The molecule has 0 radical (unpaired) electrons. The molecule has 2 rings (SSSR count). The fraction of sp³-hybridized carbons (Fsp3) is 0.250. The summed E-state index contributed by atoms with van der Waals surface area (Å²) in [6.07, 6.45) is -1.11. The smallest absolute Gasteiger partial charge is 0.352 e. The van der Waals surface area contributed by atoms with Gasteiger partial charge < -0.3 is 10.3 Å². The molecule has 0 amide bonds. The number of aryl methyl sites for hydroxylation is 1.